The number of para-hydroxylation sites is 1. The van der Waals surface area contributed by atoms with E-state index in [0.29, 0.717) is 23.6 Å². The number of rotatable bonds is 3. The maximum atomic E-state index is 13.4. The molecule has 2 aliphatic rings. The molecule has 1 amide bonds. The van der Waals surface area contributed by atoms with Crippen LogP contribution in [0.4, 0.5) is 5.69 Å². The molecule has 2 aromatic heterocycles. The van der Waals surface area contributed by atoms with E-state index in [1.807, 2.05) is 55.5 Å². The van der Waals surface area contributed by atoms with Gasteiger partial charge in [-0.2, -0.15) is 0 Å². The lowest BCUT2D eigenvalue weighted by molar-refractivity contribution is 0.101. The molecule has 34 heavy (non-hydrogen) atoms. The molecule has 0 spiro atoms. The maximum absolute atomic E-state index is 13.4. The van der Waals surface area contributed by atoms with Gasteiger partial charge in [0.1, 0.15) is 5.69 Å². The number of benzene rings is 2. The van der Waals surface area contributed by atoms with Crippen LogP contribution in [0.5, 0.6) is 0 Å². The molecular formula is C26H23ClN4O3. The van der Waals surface area contributed by atoms with Crippen molar-refractivity contribution in [3.05, 3.63) is 87.5 Å². The second kappa shape index (κ2) is 7.21. The summed E-state index contributed by atoms with van der Waals surface area (Å²) in [6.45, 7) is 3.84. The number of halogens is 1. The van der Waals surface area contributed by atoms with Gasteiger partial charge in [-0.3, -0.25) is 14.3 Å². The van der Waals surface area contributed by atoms with Crippen molar-refractivity contribution in [2.45, 2.75) is 31.1 Å². The zero-order valence-electron chi connectivity index (χ0n) is 19.0. The fraction of sp³-hybridized carbons (Fsp3) is 0.269. The van der Waals surface area contributed by atoms with Gasteiger partial charge in [-0.05, 0) is 43.9 Å². The Balaban J connectivity index is 1.40. The molecule has 2 aromatic carbocycles. The minimum absolute atomic E-state index is 0.177. The quantitative estimate of drug-likeness (QED) is 0.438. The largest absolute Gasteiger partial charge is 0.355 e. The van der Waals surface area contributed by atoms with E-state index in [2.05, 4.69) is 16.5 Å². The first-order chi connectivity index (χ1) is 16.3. The third-order valence-electron chi connectivity index (χ3n) is 7.39. The highest BCUT2D eigenvalue weighted by molar-refractivity contribution is 6.27. The highest BCUT2D eigenvalue weighted by atomic mass is 35.5. The number of nitrogens with zero attached hydrogens (tertiary/aromatic N) is 3. The molecule has 3 atom stereocenters. The fourth-order valence-corrected chi connectivity index (χ4v) is 5.78. The van der Waals surface area contributed by atoms with Gasteiger partial charge in [0, 0.05) is 24.1 Å². The zero-order valence-corrected chi connectivity index (χ0v) is 19.8. The number of aromatic nitrogens is 3. The van der Waals surface area contributed by atoms with Crippen LogP contribution in [0.25, 0.3) is 17.0 Å². The van der Waals surface area contributed by atoms with Crippen LogP contribution < -0.4 is 10.9 Å². The predicted octanol–water partition coefficient (Wildman–Crippen LogP) is 4.66. The van der Waals surface area contributed by atoms with Crippen LogP contribution >= 0.6 is 11.6 Å². The molecule has 6 rings (SSSR count). The Hall–Kier alpha value is -3.58. The molecule has 1 N–H and O–H groups in total. The number of amides is 1. The van der Waals surface area contributed by atoms with Crippen molar-refractivity contribution in [2.75, 3.05) is 5.32 Å². The van der Waals surface area contributed by atoms with E-state index in [1.54, 1.807) is 18.7 Å². The predicted molar refractivity (Wildman–Crippen MR) is 130 cm³/mol. The van der Waals surface area contributed by atoms with Crippen molar-refractivity contribution in [1.82, 2.24) is 14.5 Å². The molecule has 1 fully saturated rings. The first-order valence-electron chi connectivity index (χ1n) is 11.2. The first kappa shape index (κ1) is 21.0. The SMILES string of the molecule is Cc1c(NC(=O)c2noc3c2CC2C(c4ccccc4-3)C2(C)Cl)c(=O)n(-c2ccccc2)n1C. The minimum Gasteiger partial charge on any atom is -0.355 e. The first-order valence-corrected chi connectivity index (χ1v) is 11.6. The van der Waals surface area contributed by atoms with Crippen LogP contribution in [0.3, 0.4) is 0 Å². The monoisotopic (exact) mass is 474 g/mol. The smallest absolute Gasteiger partial charge is 0.295 e. The number of alkyl halides is 1. The average Bonchev–Trinajstić information content (AvgIpc) is 3.07. The van der Waals surface area contributed by atoms with Crippen LogP contribution in [-0.4, -0.2) is 25.3 Å². The minimum atomic E-state index is -0.469. The third kappa shape index (κ3) is 2.86. The number of anilines is 1. The van der Waals surface area contributed by atoms with Gasteiger partial charge < -0.3 is 9.84 Å². The van der Waals surface area contributed by atoms with E-state index in [1.165, 1.54) is 4.68 Å². The summed E-state index contributed by atoms with van der Waals surface area (Å²) in [5.74, 6) is 0.505. The van der Waals surface area contributed by atoms with Gasteiger partial charge in [0.05, 0.1) is 16.3 Å². The number of hydrogen-bond acceptors (Lipinski definition) is 4. The number of carbonyl (C=O) groups excluding carboxylic acids is 1. The van der Waals surface area contributed by atoms with E-state index < -0.39 is 5.91 Å². The molecular weight excluding hydrogens is 452 g/mol. The lowest BCUT2D eigenvalue weighted by Gasteiger charge is -2.09. The Morgan fingerprint density at radius 1 is 1.18 bits per heavy atom. The Bertz CT molecular complexity index is 1510. The Morgan fingerprint density at radius 3 is 2.65 bits per heavy atom. The van der Waals surface area contributed by atoms with Gasteiger partial charge in [-0.15, -0.1) is 11.6 Å². The number of nitrogens with one attached hydrogen (secondary N) is 1. The van der Waals surface area contributed by atoms with Crippen molar-refractivity contribution in [3.63, 3.8) is 0 Å². The van der Waals surface area contributed by atoms with Crippen molar-refractivity contribution in [2.24, 2.45) is 13.0 Å². The van der Waals surface area contributed by atoms with Gasteiger partial charge in [0.25, 0.3) is 11.5 Å². The molecule has 8 heteroatoms. The van der Waals surface area contributed by atoms with Gasteiger partial charge in [0.15, 0.2) is 11.5 Å². The second-order valence-corrected chi connectivity index (χ2v) is 10.1. The maximum Gasteiger partial charge on any atom is 0.295 e. The average molecular weight is 475 g/mol. The molecule has 1 saturated carbocycles. The molecule has 0 saturated heterocycles. The van der Waals surface area contributed by atoms with Crippen molar-refractivity contribution < 1.29 is 9.32 Å². The van der Waals surface area contributed by atoms with Crippen LogP contribution in [0.15, 0.2) is 63.9 Å². The lowest BCUT2D eigenvalue weighted by atomic mass is 9.98. The Labute approximate surface area is 200 Å². The molecule has 4 aromatic rings. The van der Waals surface area contributed by atoms with Crippen LogP contribution in [0.2, 0.25) is 0 Å². The number of hydrogen-bond donors (Lipinski definition) is 1. The normalized spacial score (nSPS) is 22.4. The molecule has 0 bridgehead atoms. The van der Waals surface area contributed by atoms with Gasteiger partial charge >= 0.3 is 0 Å². The van der Waals surface area contributed by atoms with Crippen molar-refractivity contribution in [3.8, 4) is 17.0 Å². The zero-order chi connectivity index (χ0) is 23.8. The summed E-state index contributed by atoms with van der Waals surface area (Å²) < 4.78 is 8.95. The summed E-state index contributed by atoms with van der Waals surface area (Å²) in [5.41, 5.74) is 4.23. The topological polar surface area (TPSA) is 82.1 Å². The van der Waals surface area contributed by atoms with Crippen LogP contribution in [0.1, 0.15) is 40.2 Å². The molecule has 0 aliphatic heterocycles. The van der Waals surface area contributed by atoms with Gasteiger partial charge in [0.2, 0.25) is 0 Å². The number of fused-ring (bicyclic) bond motifs is 5. The standard InChI is InChI=1S/C26H23ClN4O3/c1-14-21(25(33)31(30(14)3)15-9-5-4-6-10-15)28-24(32)22-18-13-19-20(26(19,2)27)16-11-7-8-12-17(16)23(18)34-29-22/h4-12,19-20H,13H2,1-3H3,(H,28,32). The highest BCUT2D eigenvalue weighted by Gasteiger charge is 2.62. The molecule has 172 valence electrons. The third-order valence-corrected chi connectivity index (χ3v) is 7.90. The summed E-state index contributed by atoms with van der Waals surface area (Å²) >= 11 is 6.83. The molecule has 0 radical (unpaired) electrons. The Kier molecular flexibility index (Phi) is 4.45. The van der Waals surface area contributed by atoms with Gasteiger partial charge in [-0.25, -0.2) is 4.68 Å². The van der Waals surface area contributed by atoms with E-state index in [0.717, 1.165) is 16.7 Å². The number of carbonyl (C=O) groups is 1. The summed E-state index contributed by atoms with van der Waals surface area (Å²) in [5, 5.41) is 6.94. The van der Waals surface area contributed by atoms with Gasteiger partial charge in [-0.1, -0.05) is 47.6 Å². The van der Waals surface area contributed by atoms with E-state index in [4.69, 9.17) is 16.1 Å². The van der Waals surface area contributed by atoms with Crippen LogP contribution in [0, 0.1) is 12.8 Å². The highest BCUT2D eigenvalue weighted by Crippen LogP contribution is 2.66. The summed E-state index contributed by atoms with van der Waals surface area (Å²) in [6.07, 6.45) is 0.586. The molecule has 7 nitrogen and oxygen atoms in total. The summed E-state index contributed by atoms with van der Waals surface area (Å²) in [7, 11) is 1.78. The van der Waals surface area contributed by atoms with Crippen molar-refractivity contribution >= 4 is 23.2 Å². The van der Waals surface area contributed by atoms with Crippen LogP contribution in [-0.2, 0) is 13.5 Å². The van der Waals surface area contributed by atoms with E-state index >= 15 is 0 Å². The van der Waals surface area contributed by atoms with Crippen molar-refractivity contribution in [1.29, 1.82) is 0 Å². The van der Waals surface area contributed by atoms with E-state index in [9.17, 15) is 9.59 Å². The Morgan fingerprint density at radius 2 is 1.88 bits per heavy atom. The fourth-order valence-electron chi connectivity index (χ4n) is 5.37. The lowest BCUT2D eigenvalue weighted by Crippen LogP contribution is -2.23. The summed E-state index contributed by atoms with van der Waals surface area (Å²) in [6, 6.07) is 17.3. The molecule has 2 aliphatic carbocycles. The summed E-state index contributed by atoms with van der Waals surface area (Å²) in [4.78, 5) is 26.2. The molecule has 2 heterocycles. The second-order valence-electron chi connectivity index (χ2n) is 9.26. The van der Waals surface area contributed by atoms with E-state index in [-0.39, 0.29) is 33.7 Å². The molecule has 3 unspecified atom stereocenters.